The normalized spacial score (nSPS) is 16.2. The fourth-order valence-corrected chi connectivity index (χ4v) is 11.5. The van der Waals surface area contributed by atoms with Gasteiger partial charge in [-0.25, -0.2) is 0 Å². The van der Waals surface area contributed by atoms with E-state index in [9.17, 15) is 17.3 Å². The van der Waals surface area contributed by atoms with Crippen molar-refractivity contribution in [3.8, 4) is 0 Å². The maximum atomic E-state index is 9.75. The Morgan fingerprint density at radius 1 is 0.633 bits per heavy atom. The van der Waals surface area contributed by atoms with E-state index in [1.165, 1.54) is 31.6 Å². The van der Waals surface area contributed by atoms with Crippen LogP contribution in [0.4, 0.5) is 17.3 Å². The molecule has 0 fully saturated rings. The summed E-state index contributed by atoms with van der Waals surface area (Å²) in [5.41, 5.74) is 0. The monoisotopic (exact) mass is 560 g/mol. The molecule has 0 N–H and O–H groups in total. The molecule has 0 aromatic carbocycles. The third-order valence-electron chi connectivity index (χ3n) is 4.45. The largest absolute Gasteiger partial charge is 0.673 e. The first kappa shape index (κ1) is 35.3. The summed E-state index contributed by atoms with van der Waals surface area (Å²) < 4.78 is 39.0. The van der Waals surface area contributed by atoms with Gasteiger partial charge in [0.2, 0.25) is 0 Å². The molecule has 183 valence electrons. The molecule has 1 radical (unpaired) electrons. The molecule has 1 atom stereocenters. The number of rotatable bonds is 2. The minimum atomic E-state index is -6.00. The van der Waals surface area contributed by atoms with Crippen LogP contribution in [0.15, 0.2) is 24.3 Å². The molecule has 1 aliphatic rings. The molecule has 1 aliphatic carbocycles. The third-order valence-corrected chi connectivity index (χ3v) is 12.8. The zero-order chi connectivity index (χ0) is 23.5. The van der Waals surface area contributed by atoms with Crippen LogP contribution in [0, 0.1) is 0 Å². The van der Waals surface area contributed by atoms with Gasteiger partial charge in [-0.3, -0.25) is 0 Å². The Bertz CT molecular complexity index is 441. The van der Waals surface area contributed by atoms with Crippen LogP contribution in [-0.2, 0) is 19.5 Å². The van der Waals surface area contributed by atoms with Crippen LogP contribution in [0.25, 0.3) is 0 Å². The first-order chi connectivity index (χ1) is 12.8. The van der Waals surface area contributed by atoms with E-state index >= 15 is 0 Å². The van der Waals surface area contributed by atoms with Gasteiger partial charge in [0.05, 0.1) is 0 Å². The van der Waals surface area contributed by atoms with Crippen LogP contribution in [0.1, 0.15) is 88.0 Å². The summed E-state index contributed by atoms with van der Waals surface area (Å²) in [4.78, 5) is 0. The Morgan fingerprint density at radius 3 is 1.03 bits per heavy atom. The first-order valence-corrected chi connectivity index (χ1v) is 13.9. The summed E-state index contributed by atoms with van der Waals surface area (Å²) >= 11 is 0. The van der Waals surface area contributed by atoms with E-state index in [2.05, 4.69) is 93.3 Å². The second-order valence-corrected chi connectivity index (χ2v) is 17.8. The van der Waals surface area contributed by atoms with Gasteiger partial charge >= 0.3 is 7.25 Å². The zero-order valence-corrected chi connectivity index (χ0v) is 24.1. The molecule has 0 saturated carbocycles. The van der Waals surface area contributed by atoms with E-state index in [1.807, 2.05) is 0 Å². The van der Waals surface area contributed by atoms with Gasteiger partial charge in [-0.2, -0.15) is 0 Å². The number of halogens is 4. The van der Waals surface area contributed by atoms with Gasteiger partial charge in [-0.15, -0.1) is 0 Å². The van der Waals surface area contributed by atoms with Crippen molar-refractivity contribution in [3.63, 3.8) is 0 Å². The minimum Gasteiger partial charge on any atom is -0.418 e. The van der Waals surface area contributed by atoms with Crippen molar-refractivity contribution >= 4 is 23.1 Å². The smallest absolute Gasteiger partial charge is 0.418 e. The molecule has 0 aromatic rings. The Labute approximate surface area is 199 Å². The number of hydrogen-bond acceptors (Lipinski definition) is 0. The van der Waals surface area contributed by atoms with Gasteiger partial charge in [-0.05, 0) is 53.7 Å². The average Bonchev–Trinajstić information content (AvgIpc) is 2.38. The van der Waals surface area contributed by atoms with Crippen LogP contribution >= 0.6 is 15.8 Å². The average molecular weight is 560 g/mol. The Morgan fingerprint density at radius 2 is 0.867 bits per heavy atom. The SMILES string of the molecule is C1=CCCC=CCC1.C[P@](CP(C(C)(C)C)C(C)(C)C)C(C)(C)C.F[B-](F)(F)F.[Rh]. The predicted molar refractivity (Wildman–Crippen MR) is 131 cm³/mol. The van der Waals surface area contributed by atoms with Crippen LogP contribution in [-0.4, -0.2) is 35.3 Å². The summed E-state index contributed by atoms with van der Waals surface area (Å²) in [6, 6.07) is 0. The maximum Gasteiger partial charge on any atom is 0.673 e. The summed E-state index contributed by atoms with van der Waals surface area (Å²) in [5, 5.41) is 1.47. The van der Waals surface area contributed by atoms with Crippen LogP contribution in [0.3, 0.4) is 0 Å². The zero-order valence-electron chi connectivity index (χ0n) is 20.7. The fourth-order valence-electron chi connectivity index (χ4n) is 2.71. The summed E-state index contributed by atoms with van der Waals surface area (Å²) in [5.74, 6) is 1.46. The van der Waals surface area contributed by atoms with Crippen molar-refractivity contribution in [2.45, 2.75) is 103 Å². The Hall–Kier alpha value is 0.748. The second kappa shape index (κ2) is 15.6. The molecule has 0 amide bonds. The van der Waals surface area contributed by atoms with E-state index < -0.39 is 7.25 Å². The molecule has 0 spiro atoms. The molecule has 0 bridgehead atoms. The van der Waals surface area contributed by atoms with Gasteiger partial charge in [-0.1, -0.05) is 102 Å². The minimum absolute atomic E-state index is 0. The first-order valence-electron chi connectivity index (χ1n) is 10.4. The van der Waals surface area contributed by atoms with E-state index in [1.54, 1.807) is 0 Å². The molecular weight excluding hydrogens is 516 g/mol. The van der Waals surface area contributed by atoms with Crippen molar-refractivity contribution in [3.05, 3.63) is 24.3 Å². The number of allylic oxidation sites excluding steroid dienone is 4. The van der Waals surface area contributed by atoms with Crippen LogP contribution in [0.2, 0.25) is 0 Å². The van der Waals surface area contributed by atoms with Crippen molar-refractivity contribution in [1.82, 2.24) is 0 Å². The molecule has 8 heteroatoms. The standard InChI is InChI=1S/C14H32P2.C8H12.BF4.Rh/c1-12(2,3)15(10)11-16(13(4,5)6)14(7,8)9;1-2-4-6-8-7-5-3-1;2-1(3,4)5;/h11H2,1-10H3;1-2,7-8H,3-6H2;;/q;;-1;/t15-;;;/m1.../s1. The van der Waals surface area contributed by atoms with E-state index in [4.69, 9.17) is 0 Å². The van der Waals surface area contributed by atoms with Gasteiger partial charge in [0.15, 0.2) is 0 Å². The van der Waals surface area contributed by atoms with E-state index in [0.29, 0.717) is 15.5 Å². The van der Waals surface area contributed by atoms with Crippen molar-refractivity contribution in [2.75, 3.05) is 12.6 Å². The van der Waals surface area contributed by atoms with Crippen LogP contribution in [0.5, 0.6) is 0 Å². The molecule has 0 saturated heterocycles. The maximum absolute atomic E-state index is 9.75. The summed E-state index contributed by atoms with van der Waals surface area (Å²) in [7, 11) is -5.78. The van der Waals surface area contributed by atoms with Crippen molar-refractivity contribution in [1.29, 1.82) is 0 Å². The third kappa shape index (κ3) is 23.4. The second-order valence-electron chi connectivity index (χ2n) is 10.4. The molecule has 0 nitrogen and oxygen atoms in total. The Kier molecular flexibility index (Phi) is 18.3. The molecule has 1 rings (SSSR count). The van der Waals surface area contributed by atoms with E-state index in [-0.39, 0.29) is 35.3 Å². The predicted octanol–water partition coefficient (Wildman–Crippen LogP) is 9.90. The molecule has 0 heterocycles. The fraction of sp³-hybridized carbons (Fsp3) is 0.818. The topological polar surface area (TPSA) is 0 Å². The molecular formula is C22H44BF4P2Rh-. The van der Waals surface area contributed by atoms with Crippen LogP contribution < -0.4 is 0 Å². The molecule has 0 aliphatic heterocycles. The van der Waals surface area contributed by atoms with Crippen molar-refractivity contribution in [2.24, 2.45) is 0 Å². The van der Waals surface area contributed by atoms with Crippen molar-refractivity contribution < 1.29 is 36.7 Å². The van der Waals surface area contributed by atoms with Gasteiger partial charge in [0.25, 0.3) is 0 Å². The van der Waals surface area contributed by atoms with Gasteiger partial charge < -0.3 is 17.3 Å². The quantitative estimate of drug-likeness (QED) is 0.137. The summed E-state index contributed by atoms with van der Waals surface area (Å²) in [6.45, 7) is 24.2. The number of hydrogen-bond donors (Lipinski definition) is 0. The Balaban J connectivity index is -0.000000431. The summed E-state index contributed by atoms with van der Waals surface area (Å²) in [6.07, 6.45) is 14.0. The molecule has 0 unspecified atom stereocenters. The molecule has 0 aromatic heterocycles. The van der Waals surface area contributed by atoms with Gasteiger partial charge in [0, 0.05) is 19.5 Å². The van der Waals surface area contributed by atoms with Gasteiger partial charge in [0.1, 0.15) is 0 Å². The van der Waals surface area contributed by atoms with E-state index in [0.717, 1.165) is 0 Å². The molecule has 30 heavy (non-hydrogen) atoms.